The number of aromatic nitrogens is 1. The Morgan fingerprint density at radius 2 is 2.00 bits per heavy atom. The number of rotatable bonds is 2. The molecule has 1 aromatic carbocycles. The van der Waals surface area contributed by atoms with E-state index in [0.29, 0.717) is 17.1 Å². The Kier molecular flexibility index (Phi) is 2.64. The van der Waals surface area contributed by atoms with Gasteiger partial charge in [-0.3, -0.25) is 4.98 Å². The third kappa shape index (κ3) is 1.91. The van der Waals surface area contributed by atoms with E-state index in [1.54, 1.807) is 19.4 Å². The number of nitrogen functional groups attached to an aromatic ring is 2. The Labute approximate surface area is 93.9 Å². The van der Waals surface area contributed by atoms with Crippen LogP contribution in [0.5, 0.6) is 5.75 Å². The Bertz CT molecular complexity index is 511. The molecule has 0 radical (unpaired) electrons. The summed E-state index contributed by atoms with van der Waals surface area (Å²) in [5.74, 6) is 0.774. The van der Waals surface area contributed by atoms with E-state index >= 15 is 0 Å². The Hall–Kier alpha value is -2.23. The number of hydrogen-bond donors (Lipinski definition) is 2. The molecule has 2 rings (SSSR count). The molecule has 4 N–H and O–H groups in total. The smallest absolute Gasteiger partial charge is 0.119 e. The van der Waals surface area contributed by atoms with Crippen molar-refractivity contribution in [2.24, 2.45) is 0 Å². The molecule has 0 aliphatic carbocycles. The second kappa shape index (κ2) is 4.10. The summed E-state index contributed by atoms with van der Waals surface area (Å²) in [7, 11) is 1.62. The average Bonchev–Trinajstić information content (AvgIpc) is 2.29. The molecule has 0 aliphatic rings. The second-order valence-electron chi connectivity index (χ2n) is 3.44. The van der Waals surface area contributed by atoms with Gasteiger partial charge in [-0.05, 0) is 18.2 Å². The molecular weight excluding hydrogens is 202 g/mol. The summed E-state index contributed by atoms with van der Waals surface area (Å²) >= 11 is 0. The normalized spacial score (nSPS) is 10.1. The quantitative estimate of drug-likeness (QED) is 0.802. The van der Waals surface area contributed by atoms with Gasteiger partial charge in [-0.2, -0.15) is 0 Å². The molecule has 16 heavy (non-hydrogen) atoms. The Balaban J connectivity index is 2.49. The fourth-order valence-electron chi connectivity index (χ4n) is 1.51. The van der Waals surface area contributed by atoms with E-state index in [0.717, 1.165) is 11.3 Å². The van der Waals surface area contributed by atoms with Crippen LogP contribution in [0, 0.1) is 0 Å². The Morgan fingerprint density at radius 1 is 1.19 bits per heavy atom. The first-order chi connectivity index (χ1) is 7.70. The van der Waals surface area contributed by atoms with Crippen molar-refractivity contribution in [2.75, 3.05) is 18.6 Å². The molecule has 0 bridgehead atoms. The van der Waals surface area contributed by atoms with Crippen molar-refractivity contribution in [1.82, 2.24) is 4.98 Å². The third-order valence-corrected chi connectivity index (χ3v) is 2.28. The summed E-state index contributed by atoms with van der Waals surface area (Å²) in [6, 6.07) is 9.27. The van der Waals surface area contributed by atoms with E-state index in [4.69, 9.17) is 16.2 Å². The van der Waals surface area contributed by atoms with E-state index in [2.05, 4.69) is 4.98 Å². The van der Waals surface area contributed by atoms with Gasteiger partial charge in [0.2, 0.25) is 0 Å². The highest BCUT2D eigenvalue weighted by molar-refractivity contribution is 5.75. The molecule has 1 heterocycles. The zero-order chi connectivity index (χ0) is 11.5. The monoisotopic (exact) mass is 215 g/mol. The minimum atomic E-state index is 0.559. The fourth-order valence-corrected chi connectivity index (χ4v) is 1.51. The Morgan fingerprint density at radius 3 is 2.69 bits per heavy atom. The van der Waals surface area contributed by atoms with Crippen LogP contribution in [-0.4, -0.2) is 12.1 Å². The van der Waals surface area contributed by atoms with Crippen LogP contribution in [0.3, 0.4) is 0 Å². The van der Waals surface area contributed by atoms with Crippen molar-refractivity contribution in [2.45, 2.75) is 0 Å². The summed E-state index contributed by atoms with van der Waals surface area (Å²) in [6.45, 7) is 0. The molecule has 0 spiro atoms. The number of pyridine rings is 1. The van der Waals surface area contributed by atoms with Crippen LogP contribution in [-0.2, 0) is 0 Å². The predicted molar refractivity (Wildman–Crippen MR) is 65.0 cm³/mol. The van der Waals surface area contributed by atoms with Gasteiger partial charge < -0.3 is 16.2 Å². The number of benzene rings is 1. The summed E-state index contributed by atoms with van der Waals surface area (Å²) in [4.78, 5) is 4.22. The first-order valence-corrected chi connectivity index (χ1v) is 4.86. The SMILES string of the molecule is COc1cccc(-c2ncc(N)cc2N)c1. The summed E-state index contributed by atoms with van der Waals surface area (Å²) in [5, 5.41) is 0. The van der Waals surface area contributed by atoms with Gasteiger partial charge >= 0.3 is 0 Å². The molecule has 4 nitrogen and oxygen atoms in total. The standard InChI is InChI=1S/C12H13N3O/c1-16-10-4-2-3-8(5-10)12-11(14)6-9(13)7-15-12/h2-7H,13-14H2,1H3. The van der Waals surface area contributed by atoms with Gasteiger partial charge in [0.1, 0.15) is 5.75 Å². The summed E-state index contributed by atoms with van der Waals surface area (Å²) < 4.78 is 5.15. The molecule has 82 valence electrons. The zero-order valence-electron chi connectivity index (χ0n) is 8.97. The van der Waals surface area contributed by atoms with Crippen molar-refractivity contribution in [3.63, 3.8) is 0 Å². The lowest BCUT2D eigenvalue weighted by Gasteiger charge is -2.07. The van der Waals surface area contributed by atoms with Crippen LogP contribution >= 0.6 is 0 Å². The average molecular weight is 215 g/mol. The molecule has 0 aliphatic heterocycles. The predicted octanol–water partition coefficient (Wildman–Crippen LogP) is 1.92. The highest BCUT2D eigenvalue weighted by atomic mass is 16.5. The maximum absolute atomic E-state index is 5.86. The molecule has 0 fully saturated rings. The van der Waals surface area contributed by atoms with Crippen LogP contribution in [0.4, 0.5) is 11.4 Å². The zero-order valence-corrected chi connectivity index (χ0v) is 8.97. The number of nitrogens with zero attached hydrogens (tertiary/aromatic N) is 1. The molecule has 0 amide bonds. The maximum atomic E-state index is 5.86. The topological polar surface area (TPSA) is 74.2 Å². The largest absolute Gasteiger partial charge is 0.497 e. The van der Waals surface area contributed by atoms with Crippen molar-refractivity contribution in [1.29, 1.82) is 0 Å². The van der Waals surface area contributed by atoms with Crippen LogP contribution in [0.15, 0.2) is 36.5 Å². The highest BCUT2D eigenvalue weighted by Gasteiger charge is 2.05. The van der Waals surface area contributed by atoms with Crippen molar-refractivity contribution in [3.05, 3.63) is 36.5 Å². The lowest BCUT2D eigenvalue weighted by molar-refractivity contribution is 0.415. The van der Waals surface area contributed by atoms with E-state index in [-0.39, 0.29) is 0 Å². The van der Waals surface area contributed by atoms with Gasteiger partial charge in [-0.1, -0.05) is 12.1 Å². The second-order valence-corrected chi connectivity index (χ2v) is 3.44. The first-order valence-electron chi connectivity index (χ1n) is 4.86. The molecular formula is C12H13N3O. The summed E-state index contributed by atoms with van der Waals surface area (Å²) in [5.41, 5.74) is 14.2. The van der Waals surface area contributed by atoms with Crippen LogP contribution in [0.1, 0.15) is 0 Å². The minimum Gasteiger partial charge on any atom is -0.497 e. The van der Waals surface area contributed by atoms with Gasteiger partial charge in [0.15, 0.2) is 0 Å². The lowest BCUT2D eigenvalue weighted by atomic mass is 10.1. The van der Waals surface area contributed by atoms with E-state index in [9.17, 15) is 0 Å². The van der Waals surface area contributed by atoms with Gasteiger partial charge in [0.05, 0.1) is 30.4 Å². The number of nitrogens with two attached hydrogens (primary N) is 2. The molecule has 0 saturated carbocycles. The molecule has 0 atom stereocenters. The molecule has 0 saturated heterocycles. The number of methoxy groups -OCH3 is 1. The first kappa shape index (κ1) is 10.3. The minimum absolute atomic E-state index is 0.559. The van der Waals surface area contributed by atoms with E-state index in [1.165, 1.54) is 0 Å². The van der Waals surface area contributed by atoms with Crippen molar-refractivity contribution >= 4 is 11.4 Å². The van der Waals surface area contributed by atoms with Crippen LogP contribution in [0.25, 0.3) is 11.3 Å². The van der Waals surface area contributed by atoms with Crippen molar-refractivity contribution in [3.8, 4) is 17.0 Å². The fraction of sp³-hybridized carbons (Fsp3) is 0.0833. The highest BCUT2D eigenvalue weighted by Crippen LogP contribution is 2.27. The number of anilines is 2. The molecule has 0 unspecified atom stereocenters. The van der Waals surface area contributed by atoms with Gasteiger partial charge in [0.25, 0.3) is 0 Å². The van der Waals surface area contributed by atoms with Gasteiger partial charge in [-0.15, -0.1) is 0 Å². The van der Waals surface area contributed by atoms with Crippen LogP contribution in [0.2, 0.25) is 0 Å². The molecule has 1 aromatic heterocycles. The maximum Gasteiger partial charge on any atom is 0.119 e. The number of ether oxygens (including phenoxy) is 1. The lowest BCUT2D eigenvalue weighted by Crippen LogP contribution is -1.96. The van der Waals surface area contributed by atoms with E-state index < -0.39 is 0 Å². The summed E-state index contributed by atoms with van der Waals surface area (Å²) in [6.07, 6.45) is 1.59. The molecule has 2 aromatic rings. The van der Waals surface area contributed by atoms with Gasteiger partial charge in [-0.25, -0.2) is 0 Å². The van der Waals surface area contributed by atoms with Crippen molar-refractivity contribution < 1.29 is 4.74 Å². The third-order valence-electron chi connectivity index (χ3n) is 2.28. The number of hydrogen-bond acceptors (Lipinski definition) is 4. The van der Waals surface area contributed by atoms with Crippen LogP contribution < -0.4 is 16.2 Å². The molecule has 4 heteroatoms. The van der Waals surface area contributed by atoms with E-state index in [1.807, 2.05) is 24.3 Å². The van der Waals surface area contributed by atoms with Gasteiger partial charge in [0, 0.05) is 5.56 Å².